The van der Waals surface area contributed by atoms with Crippen LogP contribution >= 0.6 is 0 Å². The van der Waals surface area contributed by atoms with Gasteiger partial charge in [0.25, 0.3) is 0 Å². The Kier molecular flexibility index (Phi) is 40.6. The van der Waals surface area contributed by atoms with E-state index >= 15 is 0 Å². The average molecular weight is 912 g/mol. The monoisotopic (exact) mass is 912 g/mol. The van der Waals surface area contributed by atoms with Gasteiger partial charge >= 0.3 is 0 Å². The number of unbranched alkanes of at least 4 members (excludes halogenated alkanes) is 29. The van der Waals surface area contributed by atoms with E-state index in [1.807, 2.05) is 0 Å². The smallest absolute Gasteiger partial charge is 0.249 e. The van der Waals surface area contributed by atoms with E-state index in [1.165, 1.54) is 161 Å². The van der Waals surface area contributed by atoms with E-state index in [-0.39, 0.29) is 12.8 Å². The Hall–Kier alpha value is -1.41. The molecule has 0 aromatic heterocycles. The van der Waals surface area contributed by atoms with Gasteiger partial charge in [-0.25, -0.2) is 0 Å². The number of ether oxygens (including phenoxy) is 2. The zero-order valence-electron chi connectivity index (χ0n) is 41.0. The maximum atomic E-state index is 13.1. The van der Waals surface area contributed by atoms with E-state index in [9.17, 15) is 40.5 Å². The lowest BCUT2D eigenvalue weighted by molar-refractivity contribution is -0.303. The van der Waals surface area contributed by atoms with Crippen molar-refractivity contribution in [3.63, 3.8) is 0 Å². The molecule has 1 fully saturated rings. The van der Waals surface area contributed by atoms with Crippen molar-refractivity contribution in [3.8, 4) is 0 Å². The molecule has 11 nitrogen and oxygen atoms in total. The third-order valence-electron chi connectivity index (χ3n) is 13.0. The second-order valence-corrected chi connectivity index (χ2v) is 18.9. The lowest BCUT2D eigenvalue weighted by Crippen LogP contribution is -2.60. The van der Waals surface area contributed by atoms with Crippen LogP contribution < -0.4 is 5.32 Å². The fourth-order valence-electron chi connectivity index (χ4n) is 8.55. The standard InChI is InChI=1S/C53H101NO10/c1-3-5-7-9-11-13-15-17-18-19-20-21-22-23-24-25-26-27-28-29-31-33-35-37-39-41-46(57)52(62)54-44(43-63-53-51(61)50(60)49(59)47(42-55)64-53)48(58)45(56)40-38-36-34-32-30-16-14-12-10-8-6-4-2/h23-24,32,34,44-51,53,55-61H,3-22,25-31,33,35-43H2,1-2H3,(H,54,62)/b24-23-,34-32+. The number of nitrogens with one attached hydrogen (secondary N) is 1. The fourth-order valence-corrected chi connectivity index (χ4v) is 8.55. The van der Waals surface area contributed by atoms with Crippen LogP contribution in [-0.2, 0) is 14.3 Å². The maximum Gasteiger partial charge on any atom is 0.249 e. The quantitative estimate of drug-likeness (QED) is 0.0216. The van der Waals surface area contributed by atoms with Crippen LogP contribution in [0.5, 0.6) is 0 Å². The van der Waals surface area contributed by atoms with Gasteiger partial charge < -0.3 is 50.5 Å². The molecule has 1 aliphatic rings. The van der Waals surface area contributed by atoms with Crippen LogP contribution in [0, 0.1) is 0 Å². The van der Waals surface area contributed by atoms with Crippen LogP contribution in [0.25, 0.3) is 0 Å². The highest BCUT2D eigenvalue weighted by Crippen LogP contribution is 2.23. The molecule has 9 atom stereocenters. The fraction of sp³-hybridized carbons (Fsp3) is 0.906. The summed E-state index contributed by atoms with van der Waals surface area (Å²) in [5.74, 6) is -0.707. The molecule has 0 aliphatic carbocycles. The van der Waals surface area contributed by atoms with Gasteiger partial charge in [0.2, 0.25) is 5.91 Å². The Labute approximate surface area is 391 Å². The largest absolute Gasteiger partial charge is 0.394 e. The van der Waals surface area contributed by atoms with E-state index in [0.717, 1.165) is 38.5 Å². The number of carbonyl (C=O) groups excluding carboxylic acids is 1. The molecule has 1 aliphatic heterocycles. The molecule has 0 radical (unpaired) electrons. The molecule has 0 spiro atoms. The number of aliphatic hydroxyl groups is 7. The number of rotatable bonds is 45. The summed E-state index contributed by atoms with van der Waals surface area (Å²) in [4.78, 5) is 13.1. The lowest BCUT2D eigenvalue weighted by Gasteiger charge is -2.40. The summed E-state index contributed by atoms with van der Waals surface area (Å²) in [6, 6.07) is -1.18. The lowest BCUT2D eigenvalue weighted by atomic mass is 9.98. The summed E-state index contributed by atoms with van der Waals surface area (Å²) < 4.78 is 11.1. The van der Waals surface area contributed by atoms with Crippen molar-refractivity contribution in [2.45, 2.75) is 294 Å². The third kappa shape index (κ3) is 31.5. The topological polar surface area (TPSA) is 189 Å². The number of allylic oxidation sites excluding steroid dienone is 4. The first-order valence-electron chi connectivity index (χ1n) is 26.7. The highest BCUT2D eigenvalue weighted by Gasteiger charge is 2.44. The molecular weight excluding hydrogens is 811 g/mol. The minimum atomic E-state index is -1.67. The van der Waals surface area contributed by atoms with Crippen molar-refractivity contribution in [2.24, 2.45) is 0 Å². The Morgan fingerprint density at radius 2 is 0.922 bits per heavy atom. The van der Waals surface area contributed by atoms with Crippen LogP contribution in [0.2, 0.25) is 0 Å². The molecule has 11 heteroatoms. The zero-order chi connectivity index (χ0) is 46.9. The molecule has 0 aromatic carbocycles. The molecule has 378 valence electrons. The van der Waals surface area contributed by atoms with Crippen molar-refractivity contribution in [1.82, 2.24) is 5.32 Å². The minimum Gasteiger partial charge on any atom is -0.394 e. The number of hydrogen-bond acceptors (Lipinski definition) is 10. The van der Waals surface area contributed by atoms with Gasteiger partial charge in [0.1, 0.15) is 36.6 Å². The van der Waals surface area contributed by atoms with Crippen LogP contribution in [0.15, 0.2) is 24.3 Å². The van der Waals surface area contributed by atoms with Crippen LogP contribution in [0.4, 0.5) is 0 Å². The first-order chi connectivity index (χ1) is 31.2. The van der Waals surface area contributed by atoms with Gasteiger partial charge in [0.15, 0.2) is 6.29 Å². The summed E-state index contributed by atoms with van der Waals surface area (Å²) >= 11 is 0. The van der Waals surface area contributed by atoms with Gasteiger partial charge in [0, 0.05) is 0 Å². The second kappa shape index (κ2) is 42.9. The van der Waals surface area contributed by atoms with E-state index in [0.29, 0.717) is 12.8 Å². The Bertz CT molecular complexity index is 1090. The van der Waals surface area contributed by atoms with Crippen LogP contribution in [-0.4, -0.2) is 110 Å². The first-order valence-corrected chi connectivity index (χ1v) is 26.7. The Morgan fingerprint density at radius 1 is 0.531 bits per heavy atom. The predicted molar refractivity (Wildman–Crippen MR) is 261 cm³/mol. The van der Waals surface area contributed by atoms with Gasteiger partial charge in [-0.05, 0) is 64.2 Å². The van der Waals surface area contributed by atoms with Crippen molar-refractivity contribution in [1.29, 1.82) is 0 Å². The minimum absolute atomic E-state index is 0.253. The van der Waals surface area contributed by atoms with Gasteiger partial charge in [-0.3, -0.25) is 4.79 Å². The highest BCUT2D eigenvalue weighted by atomic mass is 16.7. The average Bonchev–Trinajstić information content (AvgIpc) is 3.29. The van der Waals surface area contributed by atoms with Crippen molar-refractivity contribution < 1.29 is 50.0 Å². The molecule has 1 saturated heterocycles. The summed E-state index contributed by atoms with van der Waals surface area (Å²) in [7, 11) is 0. The molecular formula is C53H101NO10. The highest BCUT2D eigenvalue weighted by molar-refractivity contribution is 5.80. The molecule has 9 unspecified atom stereocenters. The van der Waals surface area contributed by atoms with E-state index in [4.69, 9.17) is 9.47 Å². The summed E-state index contributed by atoms with van der Waals surface area (Å²) in [6.07, 6.45) is 38.1. The summed E-state index contributed by atoms with van der Waals surface area (Å²) in [5, 5.41) is 75.8. The van der Waals surface area contributed by atoms with E-state index in [2.05, 4.69) is 43.5 Å². The molecule has 1 amide bonds. The van der Waals surface area contributed by atoms with Crippen molar-refractivity contribution in [3.05, 3.63) is 24.3 Å². The van der Waals surface area contributed by atoms with Crippen molar-refractivity contribution >= 4 is 5.91 Å². The number of carbonyl (C=O) groups is 1. The first kappa shape index (κ1) is 60.6. The Morgan fingerprint density at radius 3 is 1.34 bits per heavy atom. The molecule has 0 saturated carbocycles. The molecule has 1 rings (SSSR count). The number of aliphatic hydroxyl groups excluding tert-OH is 7. The summed E-state index contributed by atoms with van der Waals surface area (Å²) in [6.45, 7) is 3.43. The van der Waals surface area contributed by atoms with Gasteiger partial charge in [-0.15, -0.1) is 0 Å². The Balaban J connectivity index is 2.31. The molecule has 0 bridgehead atoms. The van der Waals surface area contributed by atoms with Gasteiger partial charge in [0.05, 0.1) is 25.4 Å². The van der Waals surface area contributed by atoms with Crippen LogP contribution in [0.1, 0.15) is 239 Å². The van der Waals surface area contributed by atoms with Crippen LogP contribution in [0.3, 0.4) is 0 Å². The molecule has 64 heavy (non-hydrogen) atoms. The normalized spacial score (nSPS) is 21.2. The van der Waals surface area contributed by atoms with Gasteiger partial charge in [-0.2, -0.15) is 0 Å². The third-order valence-corrected chi connectivity index (χ3v) is 13.0. The van der Waals surface area contributed by atoms with Gasteiger partial charge in [-0.1, -0.05) is 199 Å². The van der Waals surface area contributed by atoms with E-state index < -0.39 is 74.2 Å². The molecule has 0 aromatic rings. The predicted octanol–water partition coefficient (Wildman–Crippen LogP) is 10.2. The van der Waals surface area contributed by atoms with Crippen molar-refractivity contribution in [2.75, 3.05) is 13.2 Å². The number of amides is 1. The zero-order valence-corrected chi connectivity index (χ0v) is 41.0. The maximum absolute atomic E-state index is 13.1. The van der Waals surface area contributed by atoms with E-state index in [1.54, 1.807) is 0 Å². The second-order valence-electron chi connectivity index (χ2n) is 18.9. The SMILES string of the molecule is CCCCCCCCC/C=C/CCCC(O)C(O)C(COC1OC(CO)C(O)C(O)C1O)NC(=O)C(O)CCCCCCCCCCC/C=C\CCCCCCCCCCCCCC. The molecule has 1 heterocycles. The molecule has 8 N–H and O–H groups in total. The summed E-state index contributed by atoms with van der Waals surface area (Å²) in [5.41, 5.74) is 0. The number of hydrogen-bond donors (Lipinski definition) is 8.